The number of carboxylic acid groups (broad SMARTS) is 1. The molecule has 1 aromatic rings. The van der Waals surface area contributed by atoms with Crippen molar-refractivity contribution in [1.82, 2.24) is 5.32 Å². The number of aliphatic carboxylic acids is 1. The second kappa shape index (κ2) is 20.0. The molecule has 0 saturated carbocycles. The van der Waals surface area contributed by atoms with Crippen molar-refractivity contribution in [3.8, 4) is 11.5 Å². The van der Waals surface area contributed by atoms with Gasteiger partial charge in [-0.05, 0) is 60.0 Å². The molecule has 6 heterocycles. The van der Waals surface area contributed by atoms with Gasteiger partial charge in [0, 0.05) is 48.3 Å². The first-order valence-electron chi connectivity index (χ1n) is 23.4. The first-order valence-corrected chi connectivity index (χ1v) is 23.4. The topological polar surface area (TPSA) is 278 Å². The minimum absolute atomic E-state index is 0.0508. The van der Waals surface area contributed by atoms with Gasteiger partial charge in [-0.15, -0.1) is 0 Å². The maximum absolute atomic E-state index is 14.7. The van der Waals surface area contributed by atoms with Gasteiger partial charge in [0.1, 0.15) is 37.1 Å². The number of carbonyl (C=O) groups is 6. The Morgan fingerprint density at radius 2 is 1.69 bits per heavy atom. The van der Waals surface area contributed by atoms with E-state index in [2.05, 4.69) is 5.32 Å². The van der Waals surface area contributed by atoms with Crippen molar-refractivity contribution in [3.63, 3.8) is 0 Å². The number of hydrogen-bond donors (Lipinski definition) is 5. The van der Waals surface area contributed by atoms with Crippen LogP contribution in [0.5, 0.6) is 11.5 Å². The standard InChI is InChI=1S/C50H63NO19/c1-22-12-11-13-29(27(6)67-47(61)48(8,9)19-33(52)53)16-23(2)39(55)25(4)40(56)24(3)31(68-35-17-32-44(28(7)66-35)63-21-62-32)14-15-64-49(10)45(59)37-38-36(41(57)26(5)43(37)70-49)42(58)30(51-46(22)60)18-50(38)65-20-34(54)69-50/h11-15,18,23-25,27-29,31-32,35,39-40,44,55-57H,16-17,19-21H2,1-10H3,(H,51,60)(H,52,53)/b13-11+,15-14+,22-12-/t23-,24-,25-,27?,28-,29+,31+,32+,35+,39-,40-,44-,49+,50?/m1/s1. The van der Waals surface area contributed by atoms with Crippen molar-refractivity contribution in [2.24, 2.45) is 29.1 Å². The van der Waals surface area contributed by atoms with Gasteiger partial charge in [-0.3, -0.25) is 24.0 Å². The van der Waals surface area contributed by atoms with E-state index in [0.29, 0.717) is 0 Å². The van der Waals surface area contributed by atoms with Crippen LogP contribution in [0.2, 0.25) is 0 Å². The molecule has 0 radical (unpaired) electrons. The Balaban J connectivity index is 1.30. The Labute approximate surface area is 404 Å². The fourth-order valence-electron chi connectivity index (χ4n) is 9.80. The maximum Gasteiger partial charge on any atom is 0.335 e. The SMILES string of the molecule is C/C1=C/C=C/[C@H](C(C)OC(=O)C(C)(C)CC(=O)O)C[C@@H](C)[C@@H](O)[C@@H](C)[C@H](O)[C@H](C)[C@@H](O[C@H]2C[C@@H]3OCO[C@@H]3[C@@H](C)O2)/C=C/O[C@@]2(C)Oc3c(C)c(O)c4c(c3C2=O)C2(C=C(NC1=O)C4=O)OCC(=O)O2. The van der Waals surface area contributed by atoms with Crippen LogP contribution in [-0.2, 0) is 62.9 Å². The van der Waals surface area contributed by atoms with Gasteiger partial charge >= 0.3 is 23.7 Å². The summed E-state index contributed by atoms with van der Waals surface area (Å²) in [5.41, 5.74) is -2.93. The molecule has 3 fully saturated rings. The van der Waals surface area contributed by atoms with Gasteiger partial charge < -0.3 is 68.4 Å². The highest BCUT2D eigenvalue weighted by atomic mass is 16.8. The number of hydrogen-bond acceptors (Lipinski definition) is 18. The third kappa shape index (κ3) is 10.0. The fourth-order valence-corrected chi connectivity index (χ4v) is 9.80. The summed E-state index contributed by atoms with van der Waals surface area (Å²) in [5, 5.41) is 47.6. The molecule has 1 spiro atoms. The number of ether oxygens (including phenoxy) is 9. The van der Waals surface area contributed by atoms with Crippen LogP contribution >= 0.6 is 0 Å². The van der Waals surface area contributed by atoms with Crippen molar-refractivity contribution in [2.45, 2.75) is 149 Å². The molecule has 6 aliphatic heterocycles. The number of amides is 1. The number of phenols is 1. The van der Waals surface area contributed by atoms with Crippen LogP contribution < -0.4 is 10.1 Å². The van der Waals surface area contributed by atoms with Crippen LogP contribution in [0, 0.1) is 36.0 Å². The molecule has 0 aromatic heterocycles. The number of benzene rings is 1. The molecule has 1 aliphatic carbocycles. The van der Waals surface area contributed by atoms with Crippen LogP contribution in [0.1, 0.15) is 113 Å². The van der Waals surface area contributed by atoms with Gasteiger partial charge in [0.2, 0.25) is 5.78 Å². The lowest BCUT2D eigenvalue weighted by atomic mass is 9.79. The molecule has 7 aliphatic rings. The average Bonchev–Trinajstić information content (AvgIpc) is 3.99. The van der Waals surface area contributed by atoms with Crippen LogP contribution in [0.3, 0.4) is 0 Å². The molecule has 20 nitrogen and oxygen atoms in total. The second-order valence-corrected chi connectivity index (χ2v) is 20.0. The van der Waals surface area contributed by atoms with Gasteiger partial charge in [0.05, 0.1) is 71.0 Å². The lowest BCUT2D eigenvalue weighted by molar-refractivity contribution is -0.245. The third-order valence-corrected chi connectivity index (χ3v) is 14.2. The van der Waals surface area contributed by atoms with E-state index in [0.717, 1.165) is 12.3 Å². The van der Waals surface area contributed by atoms with Crippen LogP contribution in [0.25, 0.3) is 0 Å². The number of allylic oxidation sites excluding steroid dienone is 3. The van der Waals surface area contributed by atoms with E-state index in [1.165, 1.54) is 52.8 Å². The zero-order valence-electron chi connectivity index (χ0n) is 40.8. The minimum Gasteiger partial charge on any atom is -0.507 e. The quantitative estimate of drug-likeness (QED) is 0.238. The number of nitrogens with one attached hydrogen (secondary N) is 1. The number of Topliss-reactive ketones (excluding diaryl/α,β-unsaturated/α-hetero) is 2. The Morgan fingerprint density at radius 1 is 0.971 bits per heavy atom. The predicted molar refractivity (Wildman–Crippen MR) is 241 cm³/mol. The Hall–Kier alpha value is -5.48. The molecule has 1 aromatic carbocycles. The summed E-state index contributed by atoms with van der Waals surface area (Å²) in [6, 6.07) is 0. The highest BCUT2D eigenvalue weighted by Crippen LogP contribution is 2.53. The smallest absolute Gasteiger partial charge is 0.335 e. The summed E-state index contributed by atoms with van der Waals surface area (Å²) in [4.78, 5) is 80.6. The highest BCUT2D eigenvalue weighted by Gasteiger charge is 2.58. The van der Waals surface area contributed by atoms with E-state index in [4.69, 9.17) is 42.6 Å². The lowest BCUT2D eigenvalue weighted by Gasteiger charge is -2.39. The van der Waals surface area contributed by atoms with Crippen molar-refractivity contribution in [1.29, 1.82) is 0 Å². The summed E-state index contributed by atoms with van der Waals surface area (Å²) in [6.07, 6.45) is 1.91. The van der Waals surface area contributed by atoms with Crippen molar-refractivity contribution in [3.05, 3.63) is 70.2 Å². The fraction of sp³-hybridized carbons (Fsp3) is 0.600. The van der Waals surface area contributed by atoms with Crippen LogP contribution in [0.4, 0.5) is 0 Å². The second-order valence-electron chi connectivity index (χ2n) is 20.0. The summed E-state index contributed by atoms with van der Waals surface area (Å²) in [7, 11) is 0. The molecule has 20 heteroatoms. The van der Waals surface area contributed by atoms with Gasteiger partial charge in [-0.2, -0.15) is 0 Å². The molecule has 5 bridgehead atoms. The number of aromatic hydroxyl groups is 1. The number of fused-ring (bicyclic) bond motifs is 14. The predicted octanol–water partition coefficient (Wildman–Crippen LogP) is 4.29. The Kier molecular flexibility index (Phi) is 14.9. The van der Waals surface area contributed by atoms with Crippen LogP contribution in [-0.4, -0.2) is 124 Å². The number of rotatable bonds is 7. The molecule has 3 saturated heterocycles. The lowest BCUT2D eigenvalue weighted by Crippen LogP contribution is -2.48. The number of ketones is 2. The van der Waals surface area contributed by atoms with E-state index in [9.17, 15) is 49.2 Å². The molecule has 5 N–H and O–H groups in total. The molecule has 70 heavy (non-hydrogen) atoms. The highest BCUT2D eigenvalue weighted by molar-refractivity contribution is 6.19. The average molecular weight is 982 g/mol. The van der Waals surface area contributed by atoms with Crippen LogP contribution in [0.15, 0.2) is 47.9 Å². The number of carbonyl (C=O) groups excluding carboxylic acids is 5. The summed E-state index contributed by atoms with van der Waals surface area (Å²) in [5.74, 6) is -13.6. The summed E-state index contributed by atoms with van der Waals surface area (Å²) in [6.45, 7) is 15.1. The summed E-state index contributed by atoms with van der Waals surface area (Å²) >= 11 is 0. The molecule has 14 atom stereocenters. The third-order valence-electron chi connectivity index (χ3n) is 14.2. The molecule has 8 rings (SSSR count). The van der Waals surface area contributed by atoms with Crippen molar-refractivity contribution < 1.29 is 91.8 Å². The van der Waals surface area contributed by atoms with Crippen molar-refractivity contribution in [2.75, 3.05) is 13.4 Å². The Bertz CT molecular complexity index is 2420. The number of aliphatic hydroxyl groups excluding tert-OH is 2. The molecular formula is C50H63NO19. The first kappa shape index (κ1) is 52.3. The van der Waals surface area contributed by atoms with E-state index >= 15 is 0 Å². The first-order chi connectivity index (χ1) is 32.8. The zero-order chi connectivity index (χ0) is 51.4. The van der Waals surface area contributed by atoms with E-state index in [1.807, 2.05) is 6.92 Å². The van der Waals surface area contributed by atoms with Gasteiger partial charge in [-0.1, -0.05) is 39.0 Å². The molecular weight excluding hydrogens is 919 g/mol. The van der Waals surface area contributed by atoms with E-state index < -0.39 is 143 Å². The van der Waals surface area contributed by atoms with E-state index in [1.54, 1.807) is 33.8 Å². The maximum atomic E-state index is 14.7. The number of carboxylic acids is 1. The van der Waals surface area contributed by atoms with Gasteiger partial charge in [-0.25, -0.2) is 4.79 Å². The summed E-state index contributed by atoms with van der Waals surface area (Å²) < 4.78 is 53.9. The largest absolute Gasteiger partial charge is 0.507 e. The zero-order valence-corrected chi connectivity index (χ0v) is 40.8. The van der Waals surface area contributed by atoms with Gasteiger partial charge in [0.15, 0.2) is 6.29 Å². The Morgan fingerprint density at radius 3 is 2.36 bits per heavy atom. The number of aliphatic hydroxyl groups is 2. The van der Waals surface area contributed by atoms with E-state index in [-0.39, 0.29) is 59.9 Å². The number of phenolic OH excluding ortho intramolecular Hbond substituents is 1. The monoisotopic (exact) mass is 981 g/mol. The number of esters is 2. The normalized spacial score (nSPS) is 36.9. The molecule has 2 unspecified atom stereocenters. The molecule has 382 valence electrons. The minimum atomic E-state index is -2.30. The molecule has 1 amide bonds. The van der Waals surface area contributed by atoms with Crippen molar-refractivity contribution >= 4 is 35.4 Å². The van der Waals surface area contributed by atoms with Gasteiger partial charge in [0.25, 0.3) is 17.5 Å².